The third kappa shape index (κ3) is 6.03. The van der Waals surface area contributed by atoms with Gasteiger partial charge in [0.25, 0.3) is 0 Å². The third-order valence-corrected chi connectivity index (χ3v) is 8.18. The van der Waals surface area contributed by atoms with E-state index in [2.05, 4.69) is 39.5 Å². The van der Waals surface area contributed by atoms with Gasteiger partial charge in [0.2, 0.25) is 0 Å². The van der Waals surface area contributed by atoms with Gasteiger partial charge in [-0.15, -0.1) is 0 Å². The maximum absolute atomic E-state index is 14.4. The number of halogens is 1. The molecule has 5 rings (SSSR count). The van der Waals surface area contributed by atoms with Crippen molar-refractivity contribution in [2.24, 2.45) is 4.99 Å². The maximum Gasteiger partial charge on any atom is 0.350 e. The number of likely N-dealkylation sites (tertiary alicyclic amines) is 1. The van der Waals surface area contributed by atoms with E-state index in [4.69, 9.17) is 4.74 Å². The summed E-state index contributed by atoms with van der Waals surface area (Å²) in [7, 11) is 0. The monoisotopic (exact) mass is 532 g/mol. The normalized spacial score (nSPS) is 24.6. The number of urea groups is 1. The molecule has 2 heterocycles. The van der Waals surface area contributed by atoms with E-state index in [1.165, 1.54) is 37.0 Å². The van der Waals surface area contributed by atoms with Gasteiger partial charge >= 0.3 is 6.03 Å². The molecular weight excluding hydrogens is 491 g/mol. The Balaban J connectivity index is 1.45. The summed E-state index contributed by atoms with van der Waals surface area (Å²) in [5.41, 5.74) is 1.11. The summed E-state index contributed by atoms with van der Waals surface area (Å²) >= 11 is 0. The second kappa shape index (κ2) is 11.9. The molecule has 2 fully saturated rings. The summed E-state index contributed by atoms with van der Waals surface area (Å²) in [6.45, 7) is 7.65. The number of piperidine rings is 1. The quantitative estimate of drug-likeness (QED) is 0.396. The summed E-state index contributed by atoms with van der Waals surface area (Å²) in [4.78, 5) is 22.3. The fraction of sp³-hybridized carbons (Fsp3) is 0.500. The van der Waals surface area contributed by atoms with Gasteiger partial charge in [-0.05, 0) is 82.3 Å². The number of anilines is 1. The van der Waals surface area contributed by atoms with Gasteiger partial charge in [0, 0.05) is 30.9 Å². The van der Waals surface area contributed by atoms with E-state index in [9.17, 15) is 9.18 Å². The van der Waals surface area contributed by atoms with Gasteiger partial charge in [0.1, 0.15) is 22.9 Å². The van der Waals surface area contributed by atoms with Crippen LogP contribution in [0.1, 0.15) is 71.3 Å². The Morgan fingerprint density at radius 1 is 1.15 bits per heavy atom. The minimum absolute atomic E-state index is 0.0822. The van der Waals surface area contributed by atoms with Crippen molar-refractivity contribution in [1.29, 1.82) is 0 Å². The van der Waals surface area contributed by atoms with Crippen molar-refractivity contribution < 1.29 is 13.9 Å². The number of aliphatic imine (C=N–C) groups is 1. The first-order valence-electron chi connectivity index (χ1n) is 14.5. The number of hydrogen-bond donors (Lipinski definition) is 1. The molecule has 2 aromatic rings. The van der Waals surface area contributed by atoms with Crippen LogP contribution < -0.4 is 15.0 Å². The van der Waals surface area contributed by atoms with E-state index < -0.39 is 5.54 Å². The minimum atomic E-state index is -0.647. The number of allylic oxidation sites excluding steroid dienone is 1. The molecule has 7 heteroatoms. The lowest BCUT2D eigenvalue weighted by atomic mass is 9.79. The molecule has 1 spiro atoms. The van der Waals surface area contributed by atoms with E-state index >= 15 is 0 Å². The van der Waals surface area contributed by atoms with Crippen LogP contribution in [0.25, 0.3) is 0 Å². The molecule has 1 saturated carbocycles. The molecule has 39 heavy (non-hydrogen) atoms. The minimum Gasteiger partial charge on any atom is -0.491 e. The van der Waals surface area contributed by atoms with Crippen molar-refractivity contribution in [2.75, 3.05) is 11.4 Å². The molecule has 1 saturated heterocycles. The van der Waals surface area contributed by atoms with Crippen molar-refractivity contribution in [3.8, 4) is 5.75 Å². The smallest absolute Gasteiger partial charge is 0.350 e. The molecule has 2 amide bonds. The van der Waals surface area contributed by atoms with Gasteiger partial charge in [-0.3, -0.25) is 9.80 Å². The van der Waals surface area contributed by atoms with E-state index in [-0.39, 0.29) is 24.0 Å². The molecule has 0 radical (unpaired) electrons. The number of amidine groups is 1. The van der Waals surface area contributed by atoms with Crippen molar-refractivity contribution in [1.82, 2.24) is 10.2 Å². The van der Waals surface area contributed by atoms with Crippen LogP contribution in [-0.2, 0) is 6.54 Å². The fourth-order valence-electron chi connectivity index (χ4n) is 6.44. The Bertz CT molecular complexity index is 1220. The lowest BCUT2D eigenvalue weighted by Gasteiger charge is -2.49. The van der Waals surface area contributed by atoms with Crippen LogP contribution >= 0.6 is 0 Å². The Labute approximate surface area is 231 Å². The molecule has 0 aromatic heterocycles. The molecule has 0 bridgehead atoms. The Hall–Kier alpha value is -3.19. The Morgan fingerprint density at radius 2 is 1.95 bits per heavy atom. The predicted molar refractivity (Wildman–Crippen MR) is 155 cm³/mol. The third-order valence-electron chi connectivity index (χ3n) is 8.18. The topological polar surface area (TPSA) is 57.2 Å². The summed E-state index contributed by atoms with van der Waals surface area (Å²) in [6.07, 6.45) is 11.6. The number of carbonyl (C=O) groups is 1. The van der Waals surface area contributed by atoms with Crippen molar-refractivity contribution >= 4 is 17.6 Å². The van der Waals surface area contributed by atoms with Crippen LogP contribution in [0.2, 0.25) is 0 Å². The Morgan fingerprint density at radius 3 is 2.69 bits per heavy atom. The molecule has 1 N–H and O–H groups in total. The van der Waals surface area contributed by atoms with Gasteiger partial charge in [-0.2, -0.15) is 4.99 Å². The molecule has 3 aliphatic rings. The zero-order valence-electron chi connectivity index (χ0n) is 23.4. The van der Waals surface area contributed by atoms with Crippen LogP contribution in [0.15, 0.2) is 65.7 Å². The molecule has 0 unspecified atom stereocenters. The van der Waals surface area contributed by atoms with Gasteiger partial charge in [0.05, 0.1) is 6.10 Å². The largest absolute Gasteiger partial charge is 0.491 e. The standard InChI is InChI=1S/C32H41FN4O2/c1-4-10-28-21-32(17-18-36(28)22-24-11-8-16-29(19-24)39-23(2)3)30(34-26-13-6-5-7-14-26)35-31(38)37(32)27-15-9-12-25(33)20-27/h4,8-12,15-16,19-20,23,26,28H,5-7,13-14,17-18,21-22H2,1-3H3,(H,34,35,38)/b10-4-/t28-,32+/m0/s1. The number of nitrogens with one attached hydrogen (secondary N) is 1. The zero-order valence-corrected chi connectivity index (χ0v) is 23.4. The molecule has 6 nitrogen and oxygen atoms in total. The highest BCUT2D eigenvalue weighted by Gasteiger charge is 2.54. The average Bonchev–Trinajstić information content (AvgIpc) is 3.16. The summed E-state index contributed by atoms with van der Waals surface area (Å²) in [5.74, 6) is 1.28. The molecule has 1 aliphatic carbocycles. The van der Waals surface area contributed by atoms with Gasteiger partial charge in [0.15, 0.2) is 0 Å². The summed E-state index contributed by atoms with van der Waals surface area (Å²) < 4.78 is 20.3. The van der Waals surface area contributed by atoms with E-state index in [0.29, 0.717) is 24.6 Å². The summed E-state index contributed by atoms with van der Waals surface area (Å²) in [5, 5.41) is 3.71. The first-order valence-corrected chi connectivity index (χ1v) is 14.5. The molecule has 2 aliphatic heterocycles. The average molecular weight is 533 g/mol. The second-order valence-electron chi connectivity index (χ2n) is 11.4. The zero-order chi connectivity index (χ0) is 27.4. The number of carbonyl (C=O) groups excluding carboxylic acids is 1. The number of ether oxygens (including phenoxy) is 1. The Kier molecular flexibility index (Phi) is 8.36. The molecule has 208 valence electrons. The first-order chi connectivity index (χ1) is 18.9. The van der Waals surface area contributed by atoms with E-state index in [1.807, 2.05) is 39.0 Å². The van der Waals surface area contributed by atoms with Gasteiger partial charge in [-0.1, -0.05) is 49.6 Å². The molecular formula is C32H41FN4O2. The second-order valence-corrected chi connectivity index (χ2v) is 11.4. The fourth-order valence-corrected chi connectivity index (χ4v) is 6.44. The van der Waals surface area contributed by atoms with Crippen LogP contribution in [0, 0.1) is 5.82 Å². The first kappa shape index (κ1) is 27.4. The number of amides is 2. The predicted octanol–water partition coefficient (Wildman–Crippen LogP) is 6.85. The molecule has 2 atom stereocenters. The van der Waals surface area contributed by atoms with Crippen LogP contribution in [0.5, 0.6) is 5.75 Å². The number of hydrogen-bond acceptors (Lipinski definition) is 4. The van der Waals surface area contributed by atoms with Crippen LogP contribution in [-0.4, -0.2) is 47.0 Å². The van der Waals surface area contributed by atoms with Crippen molar-refractivity contribution in [3.63, 3.8) is 0 Å². The highest BCUT2D eigenvalue weighted by molar-refractivity contribution is 6.16. The van der Waals surface area contributed by atoms with Crippen LogP contribution in [0.4, 0.5) is 14.9 Å². The maximum atomic E-state index is 14.4. The van der Waals surface area contributed by atoms with Gasteiger partial charge in [-0.25, -0.2) is 9.18 Å². The lowest BCUT2D eigenvalue weighted by molar-refractivity contribution is 0.138. The highest BCUT2D eigenvalue weighted by Crippen LogP contribution is 2.42. The lowest BCUT2D eigenvalue weighted by Crippen LogP contribution is -2.64. The highest BCUT2D eigenvalue weighted by atomic mass is 19.1. The summed E-state index contributed by atoms with van der Waals surface area (Å²) in [6, 6.07) is 14.7. The van der Waals surface area contributed by atoms with Crippen LogP contribution in [0.3, 0.4) is 0 Å². The molecule has 2 aromatic carbocycles. The van der Waals surface area contributed by atoms with E-state index in [1.54, 1.807) is 11.0 Å². The number of nitrogens with zero attached hydrogens (tertiary/aromatic N) is 3. The number of rotatable bonds is 7. The van der Waals surface area contributed by atoms with Gasteiger partial charge < -0.3 is 10.1 Å². The SMILES string of the molecule is C/C=C\[C@H]1C[C@]2(CCN1Cc1cccc(OC(C)C)c1)C(NC1CCCCC1)=NC(=O)N2c1cccc(F)c1. The number of benzene rings is 2. The van der Waals surface area contributed by atoms with Crippen molar-refractivity contribution in [3.05, 3.63) is 72.1 Å². The van der Waals surface area contributed by atoms with E-state index in [0.717, 1.165) is 37.5 Å². The van der Waals surface area contributed by atoms with Crippen molar-refractivity contribution in [2.45, 2.75) is 96.0 Å².